The molecule has 0 amide bonds. The Balaban J connectivity index is 2.40. The Labute approximate surface area is 116 Å². The zero-order valence-electron chi connectivity index (χ0n) is 9.77. The minimum Gasteiger partial charge on any atom is -0.389 e. The van der Waals surface area contributed by atoms with Crippen molar-refractivity contribution < 1.29 is 0 Å². The van der Waals surface area contributed by atoms with E-state index < -0.39 is 0 Å². The summed E-state index contributed by atoms with van der Waals surface area (Å²) in [6.07, 6.45) is 1.68. The van der Waals surface area contributed by atoms with Gasteiger partial charge in [0.2, 0.25) is 0 Å². The average molecular weight is 278 g/mol. The number of halogens is 1. The van der Waals surface area contributed by atoms with Crippen molar-refractivity contribution in [3.63, 3.8) is 0 Å². The van der Waals surface area contributed by atoms with Gasteiger partial charge in [0.25, 0.3) is 0 Å². The standard InChI is InChI=1S/C13H12ClN3S/c1-8-4-5-9(14)7-11(8)17-13-10(12(15)18)3-2-6-16-13/h2-7H,1H3,(H2,15,18)(H,16,17). The van der Waals surface area contributed by atoms with Crippen LogP contribution in [-0.2, 0) is 0 Å². The van der Waals surface area contributed by atoms with Gasteiger partial charge in [-0.15, -0.1) is 0 Å². The van der Waals surface area contributed by atoms with Crippen LogP contribution < -0.4 is 11.1 Å². The van der Waals surface area contributed by atoms with E-state index in [1.165, 1.54) is 0 Å². The van der Waals surface area contributed by atoms with E-state index in [4.69, 9.17) is 29.6 Å². The molecule has 1 aromatic heterocycles. The van der Waals surface area contributed by atoms with E-state index in [2.05, 4.69) is 10.3 Å². The fourth-order valence-electron chi connectivity index (χ4n) is 1.56. The van der Waals surface area contributed by atoms with Gasteiger partial charge in [-0.1, -0.05) is 29.9 Å². The third kappa shape index (κ3) is 2.78. The van der Waals surface area contributed by atoms with Crippen LogP contribution in [0.15, 0.2) is 36.5 Å². The molecule has 0 atom stereocenters. The van der Waals surface area contributed by atoms with Crippen molar-refractivity contribution in [3.05, 3.63) is 52.7 Å². The monoisotopic (exact) mass is 277 g/mol. The molecule has 2 aromatic rings. The van der Waals surface area contributed by atoms with Crippen molar-refractivity contribution >= 4 is 40.3 Å². The Hall–Kier alpha value is -1.65. The number of nitrogens with one attached hydrogen (secondary N) is 1. The van der Waals surface area contributed by atoms with E-state index >= 15 is 0 Å². The lowest BCUT2D eigenvalue weighted by Gasteiger charge is -2.12. The van der Waals surface area contributed by atoms with Crippen LogP contribution in [0.25, 0.3) is 0 Å². The summed E-state index contributed by atoms with van der Waals surface area (Å²) >= 11 is 11.0. The Morgan fingerprint density at radius 1 is 1.39 bits per heavy atom. The van der Waals surface area contributed by atoms with Gasteiger partial charge in [-0.05, 0) is 36.8 Å². The first-order valence-corrected chi connectivity index (χ1v) is 6.14. The van der Waals surface area contributed by atoms with Crippen molar-refractivity contribution in [2.45, 2.75) is 6.92 Å². The van der Waals surface area contributed by atoms with Crippen LogP contribution in [0.3, 0.4) is 0 Å². The molecule has 1 heterocycles. The number of hydrogen-bond acceptors (Lipinski definition) is 3. The Kier molecular flexibility index (Phi) is 3.79. The molecule has 0 spiro atoms. The fraction of sp³-hybridized carbons (Fsp3) is 0.0769. The molecular formula is C13H12ClN3S. The van der Waals surface area contributed by atoms with Crippen LogP contribution >= 0.6 is 23.8 Å². The lowest BCUT2D eigenvalue weighted by atomic mass is 10.2. The van der Waals surface area contributed by atoms with E-state index in [0.29, 0.717) is 21.4 Å². The zero-order valence-corrected chi connectivity index (χ0v) is 11.3. The second-order valence-corrected chi connectivity index (χ2v) is 4.72. The summed E-state index contributed by atoms with van der Waals surface area (Å²) in [5.41, 5.74) is 8.33. The molecule has 0 fully saturated rings. The molecule has 0 bridgehead atoms. The second-order valence-electron chi connectivity index (χ2n) is 3.85. The Morgan fingerprint density at radius 2 is 2.17 bits per heavy atom. The van der Waals surface area contributed by atoms with Crippen LogP contribution in [0.4, 0.5) is 11.5 Å². The van der Waals surface area contributed by atoms with E-state index in [1.54, 1.807) is 12.3 Å². The van der Waals surface area contributed by atoms with Gasteiger partial charge in [0.05, 0.1) is 5.56 Å². The smallest absolute Gasteiger partial charge is 0.140 e. The summed E-state index contributed by atoms with van der Waals surface area (Å²) in [5.74, 6) is 0.635. The fourth-order valence-corrected chi connectivity index (χ4v) is 1.90. The first-order chi connectivity index (χ1) is 8.58. The average Bonchev–Trinajstić information content (AvgIpc) is 2.34. The van der Waals surface area contributed by atoms with E-state index in [-0.39, 0.29) is 0 Å². The van der Waals surface area contributed by atoms with Gasteiger partial charge < -0.3 is 11.1 Å². The number of aromatic nitrogens is 1. The predicted molar refractivity (Wildman–Crippen MR) is 79.6 cm³/mol. The van der Waals surface area contributed by atoms with Crippen molar-refractivity contribution in [1.82, 2.24) is 4.98 Å². The van der Waals surface area contributed by atoms with Crippen LogP contribution in [0.1, 0.15) is 11.1 Å². The summed E-state index contributed by atoms with van der Waals surface area (Å²) in [6.45, 7) is 1.99. The zero-order chi connectivity index (χ0) is 13.1. The van der Waals surface area contributed by atoms with Crippen LogP contribution in [0, 0.1) is 6.92 Å². The lowest BCUT2D eigenvalue weighted by Crippen LogP contribution is -2.13. The number of benzene rings is 1. The van der Waals surface area contributed by atoms with Crippen LogP contribution in [-0.4, -0.2) is 9.97 Å². The quantitative estimate of drug-likeness (QED) is 0.844. The Bertz CT molecular complexity index is 599. The molecule has 92 valence electrons. The molecule has 18 heavy (non-hydrogen) atoms. The first-order valence-electron chi connectivity index (χ1n) is 5.36. The lowest BCUT2D eigenvalue weighted by molar-refractivity contribution is 1.28. The molecule has 5 heteroatoms. The summed E-state index contributed by atoms with van der Waals surface area (Å²) in [5, 5.41) is 3.86. The summed E-state index contributed by atoms with van der Waals surface area (Å²) < 4.78 is 0. The normalized spacial score (nSPS) is 10.1. The van der Waals surface area contributed by atoms with Gasteiger partial charge in [-0.2, -0.15) is 0 Å². The molecule has 2 rings (SSSR count). The molecule has 0 unspecified atom stereocenters. The van der Waals surface area contributed by atoms with Crippen molar-refractivity contribution in [2.75, 3.05) is 5.32 Å². The van der Waals surface area contributed by atoms with E-state index in [1.807, 2.05) is 31.2 Å². The number of hydrogen-bond donors (Lipinski definition) is 2. The minimum absolute atomic E-state index is 0.310. The van der Waals surface area contributed by atoms with Gasteiger partial charge in [0.15, 0.2) is 0 Å². The second kappa shape index (κ2) is 5.33. The molecule has 0 aliphatic carbocycles. The Morgan fingerprint density at radius 3 is 2.89 bits per heavy atom. The molecule has 0 saturated carbocycles. The topological polar surface area (TPSA) is 50.9 Å². The van der Waals surface area contributed by atoms with Crippen molar-refractivity contribution in [2.24, 2.45) is 5.73 Å². The molecule has 0 aliphatic heterocycles. The maximum Gasteiger partial charge on any atom is 0.140 e. The van der Waals surface area contributed by atoms with Crippen LogP contribution in [0.5, 0.6) is 0 Å². The van der Waals surface area contributed by atoms with Gasteiger partial charge in [-0.25, -0.2) is 4.98 Å². The highest BCUT2D eigenvalue weighted by Crippen LogP contribution is 2.24. The molecular weight excluding hydrogens is 266 g/mol. The predicted octanol–water partition coefficient (Wildman–Crippen LogP) is 3.42. The molecule has 1 aromatic carbocycles. The number of thiocarbonyl (C=S) groups is 1. The van der Waals surface area contributed by atoms with Gasteiger partial charge >= 0.3 is 0 Å². The molecule has 3 nitrogen and oxygen atoms in total. The number of aryl methyl sites for hydroxylation is 1. The SMILES string of the molecule is Cc1ccc(Cl)cc1Nc1ncccc1C(N)=S. The third-order valence-corrected chi connectivity index (χ3v) is 2.98. The molecule has 3 N–H and O–H groups in total. The molecule has 0 radical (unpaired) electrons. The highest BCUT2D eigenvalue weighted by atomic mass is 35.5. The number of nitrogens with zero attached hydrogens (tertiary/aromatic N) is 1. The van der Waals surface area contributed by atoms with E-state index in [9.17, 15) is 0 Å². The van der Waals surface area contributed by atoms with Gasteiger partial charge in [-0.3, -0.25) is 0 Å². The number of rotatable bonds is 3. The van der Waals surface area contributed by atoms with E-state index in [0.717, 1.165) is 11.3 Å². The number of anilines is 2. The molecule has 0 aliphatic rings. The summed E-state index contributed by atoms with van der Waals surface area (Å²) in [6, 6.07) is 9.25. The maximum absolute atomic E-state index is 5.97. The summed E-state index contributed by atoms with van der Waals surface area (Å²) in [4.78, 5) is 4.55. The first kappa shape index (κ1) is 12.8. The number of pyridine rings is 1. The minimum atomic E-state index is 0.310. The molecule has 0 saturated heterocycles. The maximum atomic E-state index is 5.97. The number of nitrogens with two attached hydrogens (primary N) is 1. The van der Waals surface area contributed by atoms with Crippen LogP contribution in [0.2, 0.25) is 5.02 Å². The van der Waals surface area contributed by atoms with Gasteiger partial charge in [0.1, 0.15) is 10.8 Å². The highest BCUT2D eigenvalue weighted by molar-refractivity contribution is 7.80. The van der Waals surface area contributed by atoms with Gasteiger partial charge in [0, 0.05) is 16.9 Å². The third-order valence-electron chi connectivity index (χ3n) is 2.53. The highest BCUT2D eigenvalue weighted by Gasteiger charge is 2.07. The van der Waals surface area contributed by atoms with Crippen molar-refractivity contribution in [3.8, 4) is 0 Å². The summed E-state index contributed by atoms with van der Waals surface area (Å²) in [7, 11) is 0. The van der Waals surface area contributed by atoms with Crippen molar-refractivity contribution in [1.29, 1.82) is 0 Å². The largest absolute Gasteiger partial charge is 0.389 e.